The summed E-state index contributed by atoms with van der Waals surface area (Å²) in [4.78, 5) is 25.6. The molecule has 0 saturated carbocycles. The maximum absolute atomic E-state index is 12.3. The standard InChI is InChI=1S/C20H23N3O3/c1-14(2)26-18-9-3-15(4-10-18)13-22-19(24)16-5-7-17(8-6-16)23-12-11-21-20(23)25/h3-10,14H,11-13H2,1-2H3,(H,21,25)(H,22,24). The minimum atomic E-state index is -0.148. The molecule has 6 nitrogen and oxygen atoms in total. The van der Waals surface area contributed by atoms with Crippen molar-refractivity contribution in [1.29, 1.82) is 0 Å². The zero-order valence-electron chi connectivity index (χ0n) is 15.0. The number of carbonyl (C=O) groups is 2. The summed E-state index contributed by atoms with van der Waals surface area (Å²) in [6.07, 6.45) is 0.134. The molecule has 1 fully saturated rings. The van der Waals surface area contributed by atoms with Crippen LogP contribution in [0.3, 0.4) is 0 Å². The molecule has 1 heterocycles. The van der Waals surface area contributed by atoms with Crippen LogP contribution in [-0.2, 0) is 6.54 Å². The van der Waals surface area contributed by atoms with Crippen LogP contribution in [0.1, 0.15) is 29.8 Å². The van der Waals surface area contributed by atoms with Crippen molar-refractivity contribution in [3.63, 3.8) is 0 Å². The largest absolute Gasteiger partial charge is 0.491 e. The Kier molecular flexibility index (Phi) is 5.41. The van der Waals surface area contributed by atoms with Gasteiger partial charge in [-0.05, 0) is 55.8 Å². The van der Waals surface area contributed by atoms with E-state index in [4.69, 9.17) is 4.74 Å². The molecule has 0 unspecified atom stereocenters. The van der Waals surface area contributed by atoms with Gasteiger partial charge in [-0.15, -0.1) is 0 Å². The molecule has 2 aromatic rings. The second-order valence-corrected chi connectivity index (χ2v) is 6.42. The van der Waals surface area contributed by atoms with Crippen LogP contribution < -0.4 is 20.3 Å². The number of nitrogens with zero attached hydrogens (tertiary/aromatic N) is 1. The molecule has 1 saturated heterocycles. The number of carbonyl (C=O) groups excluding carboxylic acids is 2. The molecule has 2 N–H and O–H groups in total. The first-order valence-corrected chi connectivity index (χ1v) is 8.72. The van der Waals surface area contributed by atoms with Crippen LogP contribution in [0.25, 0.3) is 0 Å². The third kappa shape index (κ3) is 4.33. The average Bonchev–Trinajstić information content (AvgIpc) is 3.06. The first-order chi connectivity index (χ1) is 12.5. The topological polar surface area (TPSA) is 70.7 Å². The van der Waals surface area contributed by atoms with Crippen LogP contribution in [0, 0.1) is 0 Å². The Labute approximate surface area is 153 Å². The van der Waals surface area contributed by atoms with E-state index in [1.54, 1.807) is 29.2 Å². The van der Waals surface area contributed by atoms with E-state index in [9.17, 15) is 9.59 Å². The number of rotatable bonds is 6. The predicted molar refractivity (Wildman–Crippen MR) is 101 cm³/mol. The van der Waals surface area contributed by atoms with E-state index in [1.807, 2.05) is 38.1 Å². The van der Waals surface area contributed by atoms with Gasteiger partial charge in [0.2, 0.25) is 0 Å². The Hall–Kier alpha value is -3.02. The molecule has 136 valence electrons. The number of ether oxygens (including phenoxy) is 1. The van der Waals surface area contributed by atoms with Gasteiger partial charge in [0.15, 0.2) is 0 Å². The molecule has 3 rings (SSSR count). The lowest BCUT2D eigenvalue weighted by molar-refractivity contribution is 0.0951. The van der Waals surface area contributed by atoms with Crippen LogP contribution in [0.5, 0.6) is 5.75 Å². The number of benzene rings is 2. The lowest BCUT2D eigenvalue weighted by Gasteiger charge is -2.14. The Bertz CT molecular complexity index is 770. The van der Waals surface area contributed by atoms with E-state index >= 15 is 0 Å². The monoisotopic (exact) mass is 353 g/mol. The van der Waals surface area contributed by atoms with Gasteiger partial charge in [0.05, 0.1) is 6.10 Å². The molecular weight excluding hydrogens is 330 g/mol. The highest BCUT2D eigenvalue weighted by Crippen LogP contribution is 2.17. The van der Waals surface area contributed by atoms with Crippen LogP contribution in [0.4, 0.5) is 10.5 Å². The van der Waals surface area contributed by atoms with Gasteiger partial charge in [-0.25, -0.2) is 4.79 Å². The molecule has 1 aliphatic rings. The van der Waals surface area contributed by atoms with E-state index in [0.29, 0.717) is 25.2 Å². The molecule has 0 spiro atoms. The summed E-state index contributed by atoms with van der Waals surface area (Å²) in [6, 6.07) is 14.6. The molecule has 0 aromatic heterocycles. The van der Waals surface area contributed by atoms with Crippen molar-refractivity contribution in [3.8, 4) is 5.75 Å². The number of hydrogen-bond donors (Lipinski definition) is 2. The van der Waals surface area contributed by atoms with Gasteiger partial charge in [0, 0.05) is 30.9 Å². The lowest BCUT2D eigenvalue weighted by atomic mass is 10.1. The molecule has 2 aromatic carbocycles. The number of anilines is 1. The van der Waals surface area contributed by atoms with Crippen molar-refractivity contribution < 1.29 is 14.3 Å². The Morgan fingerprint density at radius 2 is 1.85 bits per heavy atom. The Morgan fingerprint density at radius 1 is 1.15 bits per heavy atom. The summed E-state index contributed by atoms with van der Waals surface area (Å²) < 4.78 is 5.61. The summed E-state index contributed by atoms with van der Waals surface area (Å²) in [5.74, 6) is 0.668. The highest BCUT2D eigenvalue weighted by atomic mass is 16.5. The van der Waals surface area contributed by atoms with E-state index < -0.39 is 0 Å². The number of amides is 3. The zero-order valence-corrected chi connectivity index (χ0v) is 15.0. The highest BCUT2D eigenvalue weighted by molar-refractivity contribution is 5.96. The van der Waals surface area contributed by atoms with Crippen LogP contribution in [0.2, 0.25) is 0 Å². The molecule has 0 atom stereocenters. The minimum Gasteiger partial charge on any atom is -0.491 e. The van der Waals surface area contributed by atoms with Gasteiger partial charge < -0.3 is 15.4 Å². The van der Waals surface area contributed by atoms with Crippen molar-refractivity contribution in [2.75, 3.05) is 18.0 Å². The smallest absolute Gasteiger partial charge is 0.321 e. The van der Waals surface area contributed by atoms with Crippen LogP contribution in [-0.4, -0.2) is 31.1 Å². The van der Waals surface area contributed by atoms with Crippen molar-refractivity contribution in [1.82, 2.24) is 10.6 Å². The number of hydrogen-bond acceptors (Lipinski definition) is 3. The molecule has 1 aliphatic heterocycles. The van der Waals surface area contributed by atoms with E-state index in [0.717, 1.165) is 17.0 Å². The maximum atomic E-state index is 12.3. The fourth-order valence-electron chi connectivity index (χ4n) is 2.75. The number of urea groups is 1. The van der Waals surface area contributed by atoms with E-state index in [2.05, 4.69) is 10.6 Å². The fourth-order valence-corrected chi connectivity index (χ4v) is 2.75. The highest BCUT2D eigenvalue weighted by Gasteiger charge is 2.21. The Balaban J connectivity index is 1.55. The third-order valence-electron chi connectivity index (χ3n) is 4.05. The quantitative estimate of drug-likeness (QED) is 0.839. The van der Waals surface area contributed by atoms with E-state index in [-0.39, 0.29) is 18.0 Å². The van der Waals surface area contributed by atoms with Crippen molar-refractivity contribution in [2.45, 2.75) is 26.5 Å². The lowest BCUT2D eigenvalue weighted by Crippen LogP contribution is -2.27. The Morgan fingerprint density at radius 3 is 2.42 bits per heavy atom. The first-order valence-electron chi connectivity index (χ1n) is 8.72. The van der Waals surface area contributed by atoms with Crippen molar-refractivity contribution in [2.24, 2.45) is 0 Å². The van der Waals surface area contributed by atoms with E-state index in [1.165, 1.54) is 0 Å². The van der Waals surface area contributed by atoms with Gasteiger partial charge in [-0.3, -0.25) is 9.69 Å². The second-order valence-electron chi connectivity index (χ2n) is 6.42. The minimum absolute atomic E-state index is 0.105. The molecule has 0 bridgehead atoms. The molecular formula is C20H23N3O3. The summed E-state index contributed by atoms with van der Waals surface area (Å²) >= 11 is 0. The zero-order chi connectivity index (χ0) is 18.5. The van der Waals surface area contributed by atoms with Gasteiger partial charge >= 0.3 is 6.03 Å². The third-order valence-corrected chi connectivity index (χ3v) is 4.05. The van der Waals surface area contributed by atoms with Gasteiger partial charge in [0.25, 0.3) is 5.91 Å². The van der Waals surface area contributed by atoms with Gasteiger partial charge in [-0.2, -0.15) is 0 Å². The normalized spacial score (nSPS) is 13.7. The summed E-state index contributed by atoms with van der Waals surface area (Å²) in [7, 11) is 0. The second kappa shape index (κ2) is 7.91. The van der Waals surface area contributed by atoms with Gasteiger partial charge in [0.1, 0.15) is 5.75 Å². The SMILES string of the molecule is CC(C)Oc1ccc(CNC(=O)c2ccc(N3CCNC3=O)cc2)cc1. The molecule has 3 amide bonds. The predicted octanol–water partition coefficient (Wildman–Crippen LogP) is 2.93. The van der Waals surface area contributed by atoms with Crippen LogP contribution in [0.15, 0.2) is 48.5 Å². The fraction of sp³-hybridized carbons (Fsp3) is 0.300. The van der Waals surface area contributed by atoms with Crippen molar-refractivity contribution >= 4 is 17.6 Å². The summed E-state index contributed by atoms with van der Waals surface area (Å²) in [5, 5.41) is 5.66. The maximum Gasteiger partial charge on any atom is 0.321 e. The number of nitrogens with one attached hydrogen (secondary N) is 2. The van der Waals surface area contributed by atoms with Crippen LogP contribution >= 0.6 is 0 Å². The summed E-state index contributed by atoms with van der Waals surface area (Å²) in [6.45, 7) is 5.69. The molecule has 0 aliphatic carbocycles. The molecule has 6 heteroatoms. The average molecular weight is 353 g/mol. The first kappa shape index (κ1) is 17.8. The molecule has 0 radical (unpaired) electrons. The molecule has 26 heavy (non-hydrogen) atoms. The van der Waals surface area contributed by atoms with Crippen molar-refractivity contribution in [3.05, 3.63) is 59.7 Å². The van der Waals surface area contributed by atoms with Gasteiger partial charge in [-0.1, -0.05) is 12.1 Å². The summed E-state index contributed by atoms with van der Waals surface area (Å²) in [5.41, 5.74) is 2.35.